The van der Waals surface area contributed by atoms with Crippen LogP contribution in [0.15, 0.2) is 47.4 Å². The monoisotopic (exact) mass is 448 g/mol. The third-order valence-corrected chi connectivity index (χ3v) is 6.63. The number of methoxy groups -OCH3 is 1. The highest BCUT2D eigenvalue weighted by molar-refractivity contribution is 7.92. The van der Waals surface area contributed by atoms with E-state index in [0.717, 1.165) is 6.42 Å². The van der Waals surface area contributed by atoms with Crippen LogP contribution in [-0.2, 0) is 19.6 Å². The lowest BCUT2D eigenvalue weighted by Crippen LogP contribution is -2.50. The molecule has 1 N–H and O–H groups in total. The summed E-state index contributed by atoms with van der Waals surface area (Å²) < 4.78 is 44.7. The maximum Gasteiger partial charge on any atom is 0.264 e. The van der Waals surface area contributed by atoms with Crippen molar-refractivity contribution in [3.63, 3.8) is 0 Å². The summed E-state index contributed by atoms with van der Waals surface area (Å²) >= 11 is 0. The quantitative estimate of drug-likeness (QED) is 0.593. The van der Waals surface area contributed by atoms with E-state index in [4.69, 9.17) is 14.2 Å². The van der Waals surface area contributed by atoms with E-state index in [1.54, 1.807) is 50.4 Å². The van der Waals surface area contributed by atoms with Gasteiger partial charge in [0.1, 0.15) is 18.1 Å². The van der Waals surface area contributed by atoms with Crippen molar-refractivity contribution < 1.29 is 27.4 Å². The van der Waals surface area contributed by atoms with Gasteiger partial charge in [0.15, 0.2) is 6.10 Å². The summed E-state index contributed by atoms with van der Waals surface area (Å²) in [6.07, 6.45) is -0.163. The lowest BCUT2D eigenvalue weighted by atomic mass is 10.2. The van der Waals surface area contributed by atoms with Gasteiger partial charge in [-0.3, -0.25) is 9.10 Å². The Kier molecular flexibility index (Phi) is 7.40. The Hall–Kier alpha value is -2.78. The molecular weight excluding hydrogens is 420 g/mol. The topological polar surface area (TPSA) is 94.2 Å². The zero-order valence-corrected chi connectivity index (χ0v) is 18.8. The van der Waals surface area contributed by atoms with Gasteiger partial charge in [-0.25, -0.2) is 8.42 Å². The number of anilines is 1. The van der Waals surface area contributed by atoms with Crippen LogP contribution in [0.25, 0.3) is 0 Å². The van der Waals surface area contributed by atoms with Crippen molar-refractivity contribution in [3.8, 4) is 11.5 Å². The first-order valence-electron chi connectivity index (χ1n) is 10.2. The molecule has 0 fully saturated rings. The van der Waals surface area contributed by atoms with Crippen molar-refractivity contribution in [3.05, 3.63) is 48.0 Å². The van der Waals surface area contributed by atoms with Gasteiger partial charge >= 0.3 is 0 Å². The fourth-order valence-corrected chi connectivity index (χ4v) is 4.80. The maximum atomic E-state index is 13.5. The molecule has 2 aromatic rings. The molecule has 0 aromatic heterocycles. The third kappa shape index (κ3) is 5.11. The van der Waals surface area contributed by atoms with E-state index in [0.29, 0.717) is 42.5 Å². The Morgan fingerprint density at radius 1 is 1.23 bits per heavy atom. The molecule has 1 heterocycles. The number of carbonyl (C=O) groups is 1. The van der Waals surface area contributed by atoms with Crippen LogP contribution >= 0.6 is 0 Å². The number of carbonyl (C=O) groups excluding carboxylic acids is 1. The molecule has 2 aromatic carbocycles. The Morgan fingerprint density at radius 3 is 2.71 bits per heavy atom. The number of amides is 1. The van der Waals surface area contributed by atoms with Crippen molar-refractivity contribution in [2.75, 3.05) is 37.7 Å². The second kappa shape index (κ2) is 10.0. The molecule has 1 amide bonds. The molecule has 0 aliphatic carbocycles. The van der Waals surface area contributed by atoms with E-state index in [-0.39, 0.29) is 17.3 Å². The fourth-order valence-electron chi connectivity index (χ4n) is 3.23. The summed E-state index contributed by atoms with van der Waals surface area (Å²) in [6, 6.07) is 11.5. The number of nitrogens with one attached hydrogen (secondary N) is 1. The molecule has 0 saturated carbocycles. The molecule has 0 spiro atoms. The highest BCUT2D eigenvalue weighted by Crippen LogP contribution is 2.37. The normalized spacial score (nSPS) is 15.7. The molecule has 1 atom stereocenters. The number of sulfonamides is 1. The van der Waals surface area contributed by atoms with Crippen LogP contribution in [0.1, 0.15) is 18.9 Å². The predicted molar refractivity (Wildman–Crippen MR) is 117 cm³/mol. The number of hydrogen-bond acceptors (Lipinski definition) is 6. The number of aryl methyl sites for hydroxylation is 1. The van der Waals surface area contributed by atoms with Crippen LogP contribution < -0.4 is 19.1 Å². The number of hydrogen-bond donors (Lipinski definition) is 1. The molecule has 0 saturated heterocycles. The number of para-hydroxylation sites is 2. The van der Waals surface area contributed by atoms with Crippen molar-refractivity contribution in [2.24, 2.45) is 0 Å². The molecule has 168 valence electrons. The van der Waals surface area contributed by atoms with Crippen molar-refractivity contribution in [2.45, 2.75) is 31.3 Å². The Labute approximate surface area is 183 Å². The molecular formula is C22H28N2O6S. The van der Waals surface area contributed by atoms with Gasteiger partial charge in [-0.15, -0.1) is 0 Å². The Morgan fingerprint density at radius 2 is 2.00 bits per heavy atom. The van der Waals surface area contributed by atoms with E-state index in [9.17, 15) is 13.2 Å². The predicted octanol–water partition coefficient (Wildman–Crippen LogP) is 2.50. The highest BCUT2D eigenvalue weighted by atomic mass is 32.2. The molecule has 0 radical (unpaired) electrons. The van der Waals surface area contributed by atoms with Crippen molar-refractivity contribution in [1.82, 2.24) is 5.32 Å². The van der Waals surface area contributed by atoms with E-state index < -0.39 is 16.1 Å². The van der Waals surface area contributed by atoms with E-state index in [1.807, 2.05) is 6.92 Å². The molecule has 1 unspecified atom stereocenters. The van der Waals surface area contributed by atoms with E-state index in [1.165, 1.54) is 10.4 Å². The summed E-state index contributed by atoms with van der Waals surface area (Å²) in [7, 11) is -2.35. The van der Waals surface area contributed by atoms with Gasteiger partial charge in [0.25, 0.3) is 15.9 Å². The minimum Gasteiger partial charge on any atom is -0.491 e. The van der Waals surface area contributed by atoms with E-state index >= 15 is 0 Å². The summed E-state index contributed by atoms with van der Waals surface area (Å²) in [6.45, 7) is 4.92. The average Bonchev–Trinajstić information content (AvgIpc) is 2.77. The first-order valence-corrected chi connectivity index (χ1v) is 11.6. The number of rotatable bonds is 9. The maximum absolute atomic E-state index is 13.5. The molecule has 31 heavy (non-hydrogen) atoms. The largest absolute Gasteiger partial charge is 0.491 e. The smallest absolute Gasteiger partial charge is 0.264 e. The summed E-state index contributed by atoms with van der Waals surface area (Å²) in [5.74, 6) is 0.607. The highest BCUT2D eigenvalue weighted by Gasteiger charge is 2.37. The summed E-state index contributed by atoms with van der Waals surface area (Å²) in [5, 5.41) is 2.77. The van der Waals surface area contributed by atoms with Gasteiger partial charge in [0, 0.05) is 13.7 Å². The molecule has 9 heteroatoms. The molecule has 8 nitrogen and oxygen atoms in total. The van der Waals surface area contributed by atoms with Gasteiger partial charge in [-0.05, 0) is 49.2 Å². The molecule has 1 aliphatic heterocycles. The average molecular weight is 449 g/mol. The molecule has 0 bridgehead atoms. The Balaban J connectivity index is 1.91. The zero-order chi connectivity index (χ0) is 22.4. The van der Waals surface area contributed by atoms with Crippen LogP contribution in [0, 0.1) is 6.92 Å². The minimum absolute atomic E-state index is 0.111. The first kappa shape index (κ1) is 22.9. The lowest BCUT2D eigenvalue weighted by Gasteiger charge is -2.34. The standard InChI is InChI=1S/C22H28N2O6S/c1-4-11-23-22(25)21-15-24(18-7-5-6-8-20(18)30-21)31(26,27)17-9-10-19(16(2)14-17)29-13-12-28-3/h5-10,14,21H,4,11-13,15H2,1-3H3,(H,23,25). The van der Waals surface area contributed by atoms with Crippen LogP contribution in [0.4, 0.5) is 5.69 Å². The number of benzene rings is 2. The second-order valence-electron chi connectivity index (χ2n) is 7.17. The van der Waals surface area contributed by atoms with Gasteiger partial charge < -0.3 is 19.5 Å². The minimum atomic E-state index is -3.93. The summed E-state index contributed by atoms with van der Waals surface area (Å²) in [4.78, 5) is 12.6. The molecule has 1 aliphatic rings. The lowest BCUT2D eigenvalue weighted by molar-refractivity contribution is -0.127. The van der Waals surface area contributed by atoms with Gasteiger partial charge in [-0.1, -0.05) is 19.1 Å². The van der Waals surface area contributed by atoms with Crippen molar-refractivity contribution >= 4 is 21.6 Å². The first-order chi connectivity index (χ1) is 14.9. The number of nitrogens with zero attached hydrogens (tertiary/aromatic N) is 1. The SMILES string of the molecule is CCCNC(=O)C1CN(S(=O)(=O)c2ccc(OCCOC)c(C)c2)c2ccccc2O1. The van der Waals surface area contributed by atoms with Gasteiger partial charge in [0.05, 0.1) is 23.7 Å². The number of ether oxygens (including phenoxy) is 3. The van der Waals surface area contributed by atoms with Crippen LogP contribution in [0.3, 0.4) is 0 Å². The third-order valence-electron chi connectivity index (χ3n) is 4.86. The zero-order valence-electron chi connectivity index (χ0n) is 18.0. The second-order valence-corrected chi connectivity index (χ2v) is 9.03. The number of fused-ring (bicyclic) bond motifs is 1. The molecule has 3 rings (SSSR count). The Bertz CT molecular complexity index is 1020. The fraction of sp³-hybridized carbons (Fsp3) is 0.409. The van der Waals surface area contributed by atoms with Crippen LogP contribution in [0.5, 0.6) is 11.5 Å². The van der Waals surface area contributed by atoms with Crippen LogP contribution in [0.2, 0.25) is 0 Å². The van der Waals surface area contributed by atoms with Crippen molar-refractivity contribution in [1.29, 1.82) is 0 Å². The van der Waals surface area contributed by atoms with E-state index in [2.05, 4.69) is 5.32 Å². The summed E-state index contributed by atoms with van der Waals surface area (Å²) in [5.41, 5.74) is 1.09. The van der Waals surface area contributed by atoms with Crippen LogP contribution in [-0.4, -0.2) is 53.8 Å². The van der Waals surface area contributed by atoms with Gasteiger partial charge in [0.2, 0.25) is 0 Å². The van der Waals surface area contributed by atoms with Gasteiger partial charge in [-0.2, -0.15) is 0 Å².